The van der Waals surface area contributed by atoms with Crippen LogP contribution in [-0.4, -0.2) is 44.5 Å². The molecule has 0 aliphatic carbocycles. The minimum Gasteiger partial charge on any atom is -0.396 e. The first-order valence-electron chi connectivity index (χ1n) is 6.70. The number of aromatic nitrogens is 4. The first-order chi connectivity index (χ1) is 10.2. The molecule has 2 amide bonds. The minimum absolute atomic E-state index is 0.128. The van der Waals surface area contributed by atoms with Gasteiger partial charge >= 0.3 is 6.03 Å². The lowest BCUT2D eigenvalue weighted by molar-refractivity contribution is 0.250. The van der Waals surface area contributed by atoms with Crippen LogP contribution in [0.5, 0.6) is 0 Å². The van der Waals surface area contributed by atoms with Crippen molar-refractivity contribution >= 4 is 11.8 Å². The van der Waals surface area contributed by atoms with Crippen LogP contribution in [0.3, 0.4) is 0 Å². The van der Waals surface area contributed by atoms with Crippen LogP contribution in [0.15, 0.2) is 18.3 Å². The van der Waals surface area contributed by atoms with Crippen LogP contribution in [0.2, 0.25) is 0 Å². The van der Waals surface area contributed by atoms with E-state index in [0.29, 0.717) is 24.6 Å². The number of amides is 2. The van der Waals surface area contributed by atoms with Gasteiger partial charge in [0.05, 0.1) is 0 Å². The molecule has 2 aromatic heterocycles. The molecule has 112 valence electrons. The van der Waals surface area contributed by atoms with Crippen molar-refractivity contribution in [1.82, 2.24) is 25.5 Å². The largest absolute Gasteiger partial charge is 0.396 e. The van der Waals surface area contributed by atoms with E-state index in [-0.39, 0.29) is 12.6 Å². The van der Waals surface area contributed by atoms with Gasteiger partial charge in [-0.1, -0.05) is 0 Å². The second-order valence-corrected chi connectivity index (χ2v) is 4.49. The van der Waals surface area contributed by atoms with Crippen molar-refractivity contribution in [2.24, 2.45) is 0 Å². The highest BCUT2D eigenvalue weighted by Crippen LogP contribution is 2.16. The summed E-state index contributed by atoms with van der Waals surface area (Å²) in [6.07, 6.45) is 2.98. The molecule has 2 rings (SSSR count). The zero-order valence-corrected chi connectivity index (χ0v) is 11.8. The maximum absolute atomic E-state index is 11.7. The molecule has 0 bridgehead atoms. The number of carbonyl (C=O) groups excluding carboxylic acids is 1. The molecule has 0 saturated heterocycles. The molecule has 0 spiro atoms. The fourth-order valence-electron chi connectivity index (χ4n) is 1.71. The maximum Gasteiger partial charge on any atom is 0.320 e. The Balaban J connectivity index is 1.93. The number of aliphatic hydroxyl groups is 1. The average Bonchev–Trinajstić information content (AvgIpc) is 2.91. The molecule has 0 unspecified atom stereocenters. The van der Waals surface area contributed by atoms with Gasteiger partial charge in [0.2, 0.25) is 0 Å². The van der Waals surface area contributed by atoms with Crippen molar-refractivity contribution in [3.63, 3.8) is 0 Å². The van der Waals surface area contributed by atoms with Crippen molar-refractivity contribution in [2.45, 2.75) is 19.8 Å². The smallest absolute Gasteiger partial charge is 0.320 e. The third kappa shape index (κ3) is 4.53. The second-order valence-electron chi connectivity index (χ2n) is 4.49. The predicted octanol–water partition coefficient (Wildman–Crippen LogP) is 1.07. The van der Waals surface area contributed by atoms with Gasteiger partial charge < -0.3 is 10.4 Å². The summed E-state index contributed by atoms with van der Waals surface area (Å²) in [6.45, 7) is 2.45. The Morgan fingerprint density at radius 2 is 2.29 bits per heavy atom. The molecule has 0 saturated carbocycles. The van der Waals surface area contributed by atoms with Crippen LogP contribution in [0.4, 0.5) is 10.6 Å². The summed E-state index contributed by atoms with van der Waals surface area (Å²) in [7, 11) is 0. The Hall–Kier alpha value is -2.48. The summed E-state index contributed by atoms with van der Waals surface area (Å²) in [6, 6.07) is 3.15. The van der Waals surface area contributed by atoms with E-state index < -0.39 is 0 Å². The Morgan fingerprint density at radius 1 is 1.43 bits per heavy atom. The van der Waals surface area contributed by atoms with Crippen molar-refractivity contribution in [2.75, 3.05) is 18.5 Å². The number of pyridine rings is 1. The number of nitrogens with one attached hydrogen (secondary N) is 3. The number of hydrogen-bond donors (Lipinski definition) is 4. The molecule has 8 heteroatoms. The number of aromatic amines is 1. The van der Waals surface area contributed by atoms with Gasteiger partial charge in [0, 0.05) is 24.9 Å². The quantitative estimate of drug-likeness (QED) is 0.594. The molecule has 0 aromatic carbocycles. The summed E-state index contributed by atoms with van der Waals surface area (Å²) in [5.41, 5.74) is 0.768. The van der Waals surface area contributed by atoms with E-state index in [4.69, 9.17) is 5.11 Å². The van der Waals surface area contributed by atoms with Gasteiger partial charge in [-0.05, 0) is 31.9 Å². The maximum atomic E-state index is 11.7. The van der Waals surface area contributed by atoms with Crippen LogP contribution in [0.1, 0.15) is 18.7 Å². The van der Waals surface area contributed by atoms with E-state index in [1.807, 2.05) is 6.92 Å². The summed E-state index contributed by atoms with van der Waals surface area (Å²) in [5.74, 6) is 1.70. The first-order valence-corrected chi connectivity index (χ1v) is 6.70. The molecule has 0 aliphatic heterocycles. The number of rotatable bonds is 6. The Morgan fingerprint density at radius 3 is 3.00 bits per heavy atom. The zero-order chi connectivity index (χ0) is 15.1. The lowest BCUT2D eigenvalue weighted by atomic mass is 10.2. The number of anilines is 1. The molecular weight excluding hydrogens is 272 g/mol. The first kappa shape index (κ1) is 14.9. The third-order valence-corrected chi connectivity index (χ3v) is 2.73. The number of nitrogens with zero attached hydrogens (tertiary/aromatic N) is 3. The third-order valence-electron chi connectivity index (χ3n) is 2.73. The molecular formula is C13H18N6O2. The van der Waals surface area contributed by atoms with E-state index in [1.165, 1.54) is 0 Å². The predicted molar refractivity (Wildman–Crippen MR) is 77.7 cm³/mol. The van der Waals surface area contributed by atoms with E-state index in [0.717, 1.165) is 17.8 Å². The van der Waals surface area contributed by atoms with Gasteiger partial charge in [-0.15, -0.1) is 0 Å². The van der Waals surface area contributed by atoms with Gasteiger partial charge in [-0.3, -0.25) is 10.4 Å². The Bertz CT molecular complexity index is 598. The van der Waals surface area contributed by atoms with Gasteiger partial charge in [0.1, 0.15) is 11.6 Å². The average molecular weight is 290 g/mol. The zero-order valence-electron chi connectivity index (χ0n) is 11.8. The lowest BCUT2D eigenvalue weighted by Gasteiger charge is -2.07. The monoisotopic (exact) mass is 290 g/mol. The van der Waals surface area contributed by atoms with Crippen LogP contribution in [-0.2, 0) is 0 Å². The highest BCUT2D eigenvalue weighted by molar-refractivity contribution is 5.88. The molecule has 2 heterocycles. The molecule has 4 N–H and O–H groups in total. The van der Waals surface area contributed by atoms with Crippen LogP contribution in [0.25, 0.3) is 11.4 Å². The number of carbonyl (C=O) groups is 1. The van der Waals surface area contributed by atoms with Crippen LogP contribution in [0, 0.1) is 6.92 Å². The molecule has 0 aliphatic rings. The lowest BCUT2D eigenvalue weighted by Crippen LogP contribution is -2.29. The highest BCUT2D eigenvalue weighted by Gasteiger charge is 2.07. The van der Waals surface area contributed by atoms with Crippen molar-refractivity contribution in [1.29, 1.82) is 0 Å². The van der Waals surface area contributed by atoms with Gasteiger partial charge in [0.15, 0.2) is 5.82 Å². The highest BCUT2D eigenvalue weighted by atomic mass is 16.3. The van der Waals surface area contributed by atoms with Gasteiger partial charge in [-0.2, -0.15) is 5.10 Å². The molecule has 2 aromatic rings. The van der Waals surface area contributed by atoms with E-state index >= 15 is 0 Å². The number of urea groups is 1. The molecule has 0 atom stereocenters. The Kier molecular flexibility index (Phi) is 5.22. The molecule has 0 fully saturated rings. The number of hydrogen-bond acceptors (Lipinski definition) is 5. The van der Waals surface area contributed by atoms with Crippen molar-refractivity contribution in [3.05, 3.63) is 24.2 Å². The summed E-state index contributed by atoms with van der Waals surface area (Å²) in [5, 5.41) is 20.8. The van der Waals surface area contributed by atoms with E-state index in [9.17, 15) is 4.79 Å². The number of H-pyrrole nitrogens is 1. The van der Waals surface area contributed by atoms with Crippen molar-refractivity contribution < 1.29 is 9.90 Å². The molecule has 21 heavy (non-hydrogen) atoms. The minimum atomic E-state index is -0.330. The fraction of sp³-hybridized carbons (Fsp3) is 0.385. The van der Waals surface area contributed by atoms with E-state index in [2.05, 4.69) is 30.8 Å². The second kappa shape index (κ2) is 7.34. The summed E-state index contributed by atoms with van der Waals surface area (Å²) < 4.78 is 0. The van der Waals surface area contributed by atoms with Crippen molar-refractivity contribution in [3.8, 4) is 11.4 Å². The van der Waals surface area contributed by atoms with Gasteiger partial charge in [0.25, 0.3) is 0 Å². The topological polar surface area (TPSA) is 116 Å². The molecule has 8 nitrogen and oxygen atoms in total. The van der Waals surface area contributed by atoms with E-state index in [1.54, 1.807) is 18.3 Å². The number of unbranched alkanes of at least 4 members (excludes halogenated alkanes) is 1. The summed E-state index contributed by atoms with van der Waals surface area (Å²) >= 11 is 0. The number of aryl methyl sites for hydroxylation is 1. The standard InChI is InChI=1S/C13H18N6O2/c1-9-16-12(19-18-9)10-4-6-14-11(8-10)17-13(21)15-5-2-3-7-20/h4,6,8,20H,2-3,5,7H2,1H3,(H,16,18,19)(H2,14,15,17,21). The SMILES string of the molecule is Cc1nc(-c2ccnc(NC(=O)NCCCCO)c2)n[nH]1. The van der Waals surface area contributed by atoms with Crippen LogP contribution < -0.4 is 10.6 Å². The molecule has 0 radical (unpaired) electrons. The normalized spacial score (nSPS) is 10.4. The van der Waals surface area contributed by atoms with Gasteiger partial charge in [-0.25, -0.2) is 14.8 Å². The number of aliphatic hydroxyl groups excluding tert-OH is 1. The Labute approximate surface area is 122 Å². The fourth-order valence-corrected chi connectivity index (χ4v) is 1.71. The van der Waals surface area contributed by atoms with Crippen LogP contribution >= 0.6 is 0 Å². The summed E-state index contributed by atoms with van der Waals surface area (Å²) in [4.78, 5) is 20.0.